The van der Waals surface area contributed by atoms with Crippen molar-refractivity contribution < 1.29 is 19.4 Å². The van der Waals surface area contributed by atoms with Crippen molar-refractivity contribution in [1.82, 2.24) is 0 Å². The fourth-order valence-corrected chi connectivity index (χ4v) is 2.86. The number of nitrogens with zero attached hydrogens (tertiary/aromatic N) is 1. The smallest absolute Gasteiger partial charge is 0.351 e. The van der Waals surface area contributed by atoms with Gasteiger partial charge >= 0.3 is 5.63 Å². The second-order valence-corrected chi connectivity index (χ2v) is 6.27. The van der Waals surface area contributed by atoms with E-state index in [2.05, 4.69) is 4.99 Å². The highest BCUT2D eigenvalue weighted by atomic mass is 35.5. The predicted octanol–water partition coefficient (Wildman–Crippen LogP) is 4.35. The molecule has 0 unspecified atom stereocenters. The molecule has 8 heteroatoms. The molecule has 0 amide bonds. The summed E-state index contributed by atoms with van der Waals surface area (Å²) in [6.45, 7) is 3.43. The molecule has 1 heterocycles. The fraction of sp³-hybridized carbons (Fsp3) is 0.278. The van der Waals surface area contributed by atoms with E-state index in [4.69, 9.17) is 27.6 Å². The van der Waals surface area contributed by atoms with E-state index in [9.17, 15) is 19.8 Å². The molecular formula is C18H17Cl2NO5. The Morgan fingerprint density at radius 3 is 2.42 bits per heavy atom. The third-order valence-electron chi connectivity index (χ3n) is 3.76. The van der Waals surface area contributed by atoms with Gasteiger partial charge in [0.05, 0.1) is 12.3 Å². The van der Waals surface area contributed by atoms with Crippen LogP contribution in [0.4, 0.5) is 0 Å². The molecule has 2 aromatic rings. The summed E-state index contributed by atoms with van der Waals surface area (Å²) in [5, 5.41) is 21.0. The second kappa shape index (κ2) is 8.38. The Kier molecular flexibility index (Phi) is 6.45. The first-order valence-corrected chi connectivity index (χ1v) is 8.65. The molecule has 0 radical (unpaired) electrons. The molecule has 1 aromatic carbocycles. The van der Waals surface area contributed by atoms with E-state index in [1.165, 1.54) is 0 Å². The number of hydrogen-bond donors (Lipinski definition) is 2. The molecular weight excluding hydrogens is 381 g/mol. The molecule has 0 aliphatic rings. The molecule has 138 valence electrons. The lowest BCUT2D eigenvalue weighted by molar-refractivity contribution is 0.0976. The maximum atomic E-state index is 12.1. The number of hydrogen-bond acceptors (Lipinski definition) is 6. The second-order valence-electron chi connectivity index (χ2n) is 5.42. The standard InChI is InChI=1S/C18H17Cl2NO5/c1-3-12(21-8-9-5-6-10(19)7-11(9)20)14-16(23)15(13(22)4-2)18(25)26-17(14)24/h5-7,23,25H,3-4,8H2,1-2H3. The molecule has 0 saturated carbocycles. The maximum absolute atomic E-state index is 12.1. The van der Waals surface area contributed by atoms with Crippen LogP contribution in [-0.4, -0.2) is 21.7 Å². The summed E-state index contributed by atoms with van der Waals surface area (Å²) in [6, 6.07) is 4.94. The lowest BCUT2D eigenvalue weighted by Crippen LogP contribution is -2.17. The van der Waals surface area contributed by atoms with Crippen molar-refractivity contribution in [3.05, 3.63) is 55.4 Å². The van der Waals surface area contributed by atoms with Gasteiger partial charge in [0, 0.05) is 16.5 Å². The average molecular weight is 398 g/mol. The number of carbonyl (C=O) groups is 1. The van der Waals surface area contributed by atoms with Gasteiger partial charge in [0.15, 0.2) is 5.78 Å². The maximum Gasteiger partial charge on any atom is 0.351 e. The summed E-state index contributed by atoms with van der Waals surface area (Å²) in [5.74, 6) is -2.09. The van der Waals surface area contributed by atoms with Crippen LogP contribution >= 0.6 is 23.2 Å². The van der Waals surface area contributed by atoms with Gasteiger partial charge < -0.3 is 14.6 Å². The van der Waals surface area contributed by atoms with Crippen molar-refractivity contribution in [3.8, 4) is 11.7 Å². The lowest BCUT2D eigenvalue weighted by atomic mass is 10.0. The quantitative estimate of drug-likeness (QED) is 0.557. The summed E-state index contributed by atoms with van der Waals surface area (Å²) in [6.07, 6.45) is 0.307. The molecule has 0 aliphatic heterocycles. The summed E-state index contributed by atoms with van der Waals surface area (Å²) < 4.78 is 4.71. The highest BCUT2D eigenvalue weighted by Crippen LogP contribution is 2.30. The van der Waals surface area contributed by atoms with E-state index in [0.717, 1.165) is 0 Å². The average Bonchev–Trinajstić information content (AvgIpc) is 2.58. The Hall–Kier alpha value is -2.31. The predicted molar refractivity (Wildman–Crippen MR) is 99.9 cm³/mol. The Morgan fingerprint density at radius 1 is 1.15 bits per heavy atom. The van der Waals surface area contributed by atoms with E-state index in [1.54, 1.807) is 32.0 Å². The van der Waals surface area contributed by atoms with Crippen molar-refractivity contribution in [3.63, 3.8) is 0 Å². The molecule has 0 atom stereocenters. The van der Waals surface area contributed by atoms with Crippen LogP contribution < -0.4 is 5.63 Å². The number of halogens is 2. The van der Waals surface area contributed by atoms with E-state index < -0.39 is 28.7 Å². The molecule has 26 heavy (non-hydrogen) atoms. The molecule has 0 bridgehead atoms. The monoisotopic (exact) mass is 397 g/mol. The Labute approximate surface area is 159 Å². The van der Waals surface area contributed by atoms with Gasteiger partial charge in [-0.1, -0.05) is 43.1 Å². The minimum Gasteiger partial charge on any atom is -0.506 e. The number of Topliss-reactive ketones (excluding diaryl/α,β-unsaturated/α-hetero) is 1. The summed E-state index contributed by atoms with van der Waals surface area (Å²) in [4.78, 5) is 28.4. The van der Waals surface area contributed by atoms with Crippen LogP contribution in [0, 0.1) is 0 Å². The zero-order chi connectivity index (χ0) is 19.4. The Bertz CT molecular complexity index is 934. The number of benzene rings is 1. The van der Waals surface area contributed by atoms with Gasteiger partial charge in [-0.3, -0.25) is 9.79 Å². The first kappa shape index (κ1) is 20.0. The van der Waals surface area contributed by atoms with Gasteiger partial charge in [0.25, 0.3) is 5.95 Å². The van der Waals surface area contributed by atoms with Gasteiger partial charge in [-0.05, 0) is 24.1 Å². The number of ketones is 1. The number of carbonyl (C=O) groups excluding carboxylic acids is 1. The van der Waals surface area contributed by atoms with Crippen LogP contribution in [-0.2, 0) is 6.54 Å². The molecule has 2 rings (SSSR count). The number of rotatable bonds is 6. The van der Waals surface area contributed by atoms with E-state index >= 15 is 0 Å². The zero-order valence-corrected chi connectivity index (χ0v) is 15.7. The SMILES string of the molecule is CCC(=O)c1c(O)oc(=O)c(C(CC)=NCc2ccc(Cl)cc2Cl)c1O. The first-order chi connectivity index (χ1) is 12.3. The van der Waals surface area contributed by atoms with Gasteiger partial charge in [-0.2, -0.15) is 0 Å². The largest absolute Gasteiger partial charge is 0.506 e. The third kappa shape index (κ3) is 4.08. The fourth-order valence-electron chi connectivity index (χ4n) is 2.39. The number of aliphatic imine (C=N–C) groups is 1. The van der Waals surface area contributed by atoms with Crippen molar-refractivity contribution >= 4 is 34.7 Å². The molecule has 1 aromatic heterocycles. The van der Waals surface area contributed by atoms with Crippen LogP contribution in [0.15, 0.2) is 32.4 Å². The van der Waals surface area contributed by atoms with Crippen LogP contribution in [0.1, 0.15) is 48.2 Å². The Morgan fingerprint density at radius 2 is 1.85 bits per heavy atom. The minimum atomic E-state index is -0.976. The minimum absolute atomic E-state index is 0.0211. The first-order valence-electron chi connectivity index (χ1n) is 7.89. The van der Waals surface area contributed by atoms with E-state index in [1.807, 2.05) is 0 Å². The normalized spacial score (nSPS) is 11.6. The van der Waals surface area contributed by atoms with Crippen LogP contribution in [0.2, 0.25) is 10.0 Å². The molecule has 2 N–H and O–H groups in total. The zero-order valence-electron chi connectivity index (χ0n) is 14.2. The van der Waals surface area contributed by atoms with Gasteiger partial charge in [0.1, 0.15) is 16.9 Å². The molecule has 0 saturated heterocycles. The van der Waals surface area contributed by atoms with Crippen LogP contribution in [0.25, 0.3) is 0 Å². The lowest BCUT2D eigenvalue weighted by Gasteiger charge is -2.10. The van der Waals surface area contributed by atoms with Gasteiger partial charge in [-0.15, -0.1) is 0 Å². The van der Waals surface area contributed by atoms with Crippen molar-refractivity contribution in [2.75, 3.05) is 0 Å². The number of aromatic hydroxyl groups is 2. The summed E-state index contributed by atoms with van der Waals surface area (Å²) >= 11 is 12.0. The Balaban J connectivity index is 2.53. The van der Waals surface area contributed by atoms with Crippen molar-refractivity contribution in [2.45, 2.75) is 33.2 Å². The van der Waals surface area contributed by atoms with Crippen LogP contribution in [0.3, 0.4) is 0 Å². The summed E-state index contributed by atoms with van der Waals surface area (Å²) in [5.41, 5.74) is -0.739. The topological polar surface area (TPSA) is 100 Å². The highest BCUT2D eigenvalue weighted by molar-refractivity contribution is 6.35. The van der Waals surface area contributed by atoms with Crippen molar-refractivity contribution in [1.29, 1.82) is 0 Å². The molecule has 0 fully saturated rings. The van der Waals surface area contributed by atoms with Crippen molar-refractivity contribution in [2.24, 2.45) is 4.99 Å². The molecule has 0 spiro atoms. The highest BCUT2D eigenvalue weighted by Gasteiger charge is 2.25. The third-order valence-corrected chi connectivity index (χ3v) is 4.35. The van der Waals surface area contributed by atoms with E-state index in [-0.39, 0.29) is 30.7 Å². The van der Waals surface area contributed by atoms with Crippen LogP contribution in [0.5, 0.6) is 11.7 Å². The summed E-state index contributed by atoms with van der Waals surface area (Å²) in [7, 11) is 0. The van der Waals surface area contributed by atoms with E-state index in [0.29, 0.717) is 15.6 Å². The van der Waals surface area contributed by atoms with Gasteiger partial charge in [0.2, 0.25) is 0 Å². The molecule has 0 aliphatic carbocycles. The van der Waals surface area contributed by atoms with Gasteiger partial charge in [-0.25, -0.2) is 4.79 Å². The molecule has 6 nitrogen and oxygen atoms in total.